The Balaban J connectivity index is 2.50. The molecule has 1 heterocycles. The van der Waals surface area contributed by atoms with E-state index in [0.29, 0.717) is 0 Å². The van der Waals surface area contributed by atoms with Gasteiger partial charge in [-0.2, -0.15) is 0 Å². The highest BCUT2D eigenvalue weighted by Gasteiger charge is 2.35. The highest BCUT2D eigenvalue weighted by molar-refractivity contribution is 7.03. The van der Waals surface area contributed by atoms with Crippen LogP contribution in [-0.4, -0.2) is 52.1 Å². The third kappa shape index (κ3) is 5.54. The number of hydrogen-bond acceptors (Lipinski definition) is 6. The van der Waals surface area contributed by atoms with Crippen LogP contribution in [-0.2, 0) is 9.53 Å². The van der Waals surface area contributed by atoms with E-state index in [1.54, 1.807) is 6.07 Å². The first-order valence-corrected chi connectivity index (χ1v) is 9.21. The predicted octanol–water partition coefficient (Wildman–Crippen LogP) is 2.42. The molecule has 1 aromatic heterocycles. The fourth-order valence-corrected chi connectivity index (χ4v) is 2.96. The number of nitrogens with one attached hydrogen (secondary N) is 1. The fraction of sp³-hybridized carbons (Fsp3) is 0.444. The molecule has 1 N–H and O–H groups in total. The van der Waals surface area contributed by atoms with Crippen molar-refractivity contribution in [1.29, 1.82) is 0 Å². The van der Waals surface area contributed by atoms with E-state index in [1.807, 2.05) is 20.8 Å². The zero-order chi connectivity index (χ0) is 20.0. The van der Waals surface area contributed by atoms with E-state index >= 15 is 0 Å². The van der Waals surface area contributed by atoms with E-state index in [2.05, 4.69) is 14.9 Å². The maximum absolute atomic E-state index is 14.5. The van der Waals surface area contributed by atoms with Crippen molar-refractivity contribution in [3.05, 3.63) is 46.7 Å². The van der Waals surface area contributed by atoms with Gasteiger partial charge in [-0.3, -0.25) is 9.59 Å². The lowest BCUT2D eigenvalue weighted by Gasteiger charge is -2.33. The van der Waals surface area contributed by atoms with Crippen LogP contribution in [0.1, 0.15) is 42.9 Å². The van der Waals surface area contributed by atoms with Crippen LogP contribution < -0.4 is 5.32 Å². The maximum atomic E-state index is 14.5. The van der Waals surface area contributed by atoms with Crippen molar-refractivity contribution in [3.8, 4) is 0 Å². The summed E-state index contributed by atoms with van der Waals surface area (Å²) in [6.07, 6.45) is 0. The molecule has 0 spiro atoms. The summed E-state index contributed by atoms with van der Waals surface area (Å²) < 4.78 is 23.3. The van der Waals surface area contributed by atoms with Crippen LogP contribution in [0.25, 0.3) is 0 Å². The van der Waals surface area contributed by atoms with Crippen LogP contribution in [0, 0.1) is 5.82 Å². The molecule has 146 valence electrons. The normalized spacial score (nSPS) is 12.5. The minimum atomic E-state index is -1.17. The van der Waals surface area contributed by atoms with Gasteiger partial charge in [-0.25, -0.2) is 4.39 Å². The molecule has 0 radical (unpaired) electrons. The minimum absolute atomic E-state index is 0.0867. The van der Waals surface area contributed by atoms with Gasteiger partial charge in [0, 0.05) is 30.1 Å². The lowest BCUT2D eigenvalue weighted by atomic mass is 10.0. The smallest absolute Gasteiger partial charge is 0.276 e. The number of benzene rings is 1. The highest BCUT2D eigenvalue weighted by atomic mass is 32.1. The minimum Gasteiger partial charge on any atom is -0.383 e. The van der Waals surface area contributed by atoms with Gasteiger partial charge < -0.3 is 15.0 Å². The van der Waals surface area contributed by atoms with Gasteiger partial charge in [0.05, 0.1) is 6.61 Å². The van der Waals surface area contributed by atoms with Crippen molar-refractivity contribution < 1.29 is 18.7 Å². The number of halogens is 1. The SMILES string of the molecule is COCCN(C(=O)c1csnn1)C(C(=O)NC(C)(C)C)c1ccccc1F. The fourth-order valence-electron chi connectivity index (χ4n) is 2.53. The number of aromatic nitrogens is 2. The number of ether oxygens (including phenoxy) is 1. The first kappa shape index (κ1) is 20.9. The standard InChI is InChI=1S/C18H23FN4O3S/c1-18(2,3)20-16(24)15(12-7-5-6-8-13(12)19)23(9-10-26-4)17(25)14-11-27-22-21-14/h5-8,11,15H,9-10H2,1-4H3,(H,20,24). The molecule has 9 heteroatoms. The van der Waals surface area contributed by atoms with Crippen molar-refractivity contribution in [3.63, 3.8) is 0 Å². The second kappa shape index (κ2) is 9.01. The molecule has 0 saturated carbocycles. The molecule has 2 rings (SSSR count). The largest absolute Gasteiger partial charge is 0.383 e. The summed E-state index contributed by atoms with van der Waals surface area (Å²) in [5, 5.41) is 8.11. The summed E-state index contributed by atoms with van der Waals surface area (Å²) in [5.74, 6) is -1.57. The van der Waals surface area contributed by atoms with Crippen molar-refractivity contribution in [2.75, 3.05) is 20.3 Å². The van der Waals surface area contributed by atoms with Gasteiger partial charge in [0.2, 0.25) is 5.91 Å². The number of hydrogen-bond donors (Lipinski definition) is 1. The Kier molecular flexibility index (Phi) is 6.98. The number of methoxy groups -OCH3 is 1. The Morgan fingerprint density at radius 2 is 2.04 bits per heavy atom. The van der Waals surface area contributed by atoms with Crippen LogP contribution in [0.15, 0.2) is 29.6 Å². The molecule has 7 nitrogen and oxygen atoms in total. The Hall–Kier alpha value is -2.39. The van der Waals surface area contributed by atoms with Gasteiger partial charge in [0.25, 0.3) is 5.91 Å². The Morgan fingerprint density at radius 1 is 1.33 bits per heavy atom. The lowest BCUT2D eigenvalue weighted by molar-refractivity contribution is -0.127. The van der Waals surface area contributed by atoms with Crippen LogP contribution in [0.3, 0.4) is 0 Å². The van der Waals surface area contributed by atoms with E-state index in [0.717, 1.165) is 11.5 Å². The van der Waals surface area contributed by atoms with E-state index in [-0.39, 0.29) is 24.4 Å². The zero-order valence-electron chi connectivity index (χ0n) is 15.7. The van der Waals surface area contributed by atoms with E-state index in [4.69, 9.17) is 4.74 Å². The van der Waals surface area contributed by atoms with Crippen molar-refractivity contribution in [2.24, 2.45) is 0 Å². The average Bonchev–Trinajstić information content (AvgIpc) is 3.12. The lowest BCUT2D eigenvalue weighted by Crippen LogP contribution is -2.50. The van der Waals surface area contributed by atoms with Crippen molar-refractivity contribution >= 4 is 23.3 Å². The average molecular weight is 394 g/mol. The van der Waals surface area contributed by atoms with Crippen molar-refractivity contribution in [1.82, 2.24) is 19.8 Å². The first-order valence-electron chi connectivity index (χ1n) is 8.38. The molecule has 0 aliphatic heterocycles. The van der Waals surface area contributed by atoms with E-state index in [9.17, 15) is 14.0 Å². The Bertz CT molecular complexity index is 777. The van der Waals surface area contributed by atoms with Crippen LogP contribution >= 0.6 is 11.5 Å². The highest BCUT2D eigenvalue weighted by Crippen LogP contribution is 2.26. The zero-order valence-corrected chi connectivity index (χ0v) is 16.5. The number of carbonyl (C=O) groups is 2. The molecule has 0 aliphatic carbocycles. The van der Waals surface area contributed by atoms with Crippen LogP contribution in [0.5, 0.6) is 0 Å². The third-order valence-corrected chi connectivity index (χ3v) is 4.14. The number of amides is 2. The predicted molar refractivity (Wildman–Crippen MR) is 99.9 cm³/mol. The van der Waals surface area contributed by atoms with Crippen LogP contribution in [0.4, 0.5) is 4.39 Å². The summed E-state index contributed by atoms with van der Waals surface area (Å²) in [6, 6.07) is 4.74. The Labute approximate surface area is 161 Å². The first-order chi connectivity index (χ1) is 12.7. The Morgan fingerprint density at radius 3 is 2.59 bits per heavy atom. The monoisotopic (exact) mass is 394 g/mol. The van der Waals surface area contributed by atoms with Gasteiger partial charge in [-0.15, -0.1) is 5.10 Å². The summed E-state index contributed by atoms with van der Waals surface area (Å²) in [6.45, 7) is 5.71. The molecule has 1 atom stereocenters. The molecule has 27 heavy (non-hydrogen) atoms. The number of nitrogens with zero attached hydrogens (tertiary/aromatic N) is 3. The molecule has 0 fully saturated rings. The quantitative estimate of drug-likeness (QED) is 0.780. The summed E-state index contributed by atoms with van der Waals surface area (Å²) >= 11 is 1.02. The molecule has 0 saturated heterocycles. The van der Waals surface area contributed by atoms with E-state index < -0.39 is 29.2 Å². The molecule has 2 amide bonds. The van der Waals surface area contributed by atoms with Gasteiger partial charge in [-0.1, -0.05) is 22.7 Å². The second-order valence-electron chi connectivity index (χ2n) is 6.94. The third-order valence-electron chi connectivity index (χ3n) is 3.63. The second-order valence-corrected chi connectivity index (χ2v) is 7.55. The van der Waals surface area contributed by atoms with Gasteiger partial charge in [0.1, 0.15) is 11.9 Å². The van der Waals surface area contributed by atoms with Crippen LogP contribution in [0.2, 0.25) is 0 Å². The van der Waals surface area contributed by atoms with Crippen molar-refractivity contribution in [2.45, 2.75) is 32.4 Å². The molecular formula is C18H23FN4O3S. The molecule has 0 bridgehead atoms. The molecule has 2 aromatic rings. The molecule has 0 aliphatic rings. The number of carbonyl (C=O) groups excluding carboxylic acids is 2. The van der Waals surface area contributed by atoms with Gasteiger partial charge in [-0.05, 0) is 38.4 Å². The summed E-state index contributed by atoms with van der Waals surface area (Å²) in [7, 11) is 1.49. The number of rotatable bonds is 7. The topological polar surface area (TPSA) is 84.4 Å². The van der Waals surface area contributed by atoms with Gasteiger partial charge >= 0.3 is 0 Å². The molecule has 1 unspecified atom stereocenters. The van der Waals surface area contributed by atoms with E-state index in [1.165, 1.54) is 35.6 Å². The summed E-state index contributed by atoms with van der Waals surface area (Å²) in [4.78, 5) is 27.3. The summed E-state index contributed by atoms with van der Waals surface area (Å²) in [5.41, 5.74) is -0.355. The molecular weight excluding hydrogens is 371 g/mol. The molecule has 1 aromatic carbocycles. The van der Waals surface area contributed by atoms with Gasteiger partial charge in [0.15, 0.2) is 5.69 Å². The maximum Gasteiger partial charge on any atom is 0.276 e.